The van der Waals surface area contributed by atoms with E-state index in [9.17, 15) is 4.79 Å². The molecule has 4 heteroatoms. The van der Waals surface area contributed by atoms with Crippen molar-refractivity contribution in [3.8, 4) is 0 Å². The van der Waals surface area contributed by atoms with Crippen LogP contribution in [-0.4, -0.2) is 51.1 Å². The Kier molecular flexibility index (Phi) is 4.95. The third-order valence-corrected chi connectivity index (χ3v) is 3.42. The van der Waals surface area contributed by atoms with Crippen LogP contribution in [0.3, 0.4) is 0 Å². The van der Waals surface area contributed by atoms with Crippen molar-refractivity contribution in [1.29, 1.82) is 0 Å². The number of rotatable bonds is 6. The maximum absolute atomic E-state index is 12.0. The summed E-state index contributed by atoms with van der Waals surface area (Å²) < 4.78 is 0. The van der Waals surface area contributed by atoms with E-state index in [1.165, 1.54) is 0 Å². The average molecular weight is 241 g/mol. The SMILES string of the molecule is CC(C(=O)NCC(C)(C)CN(C)C)C1CNC1. The molecule has 1 fully saturated rings. The molecule has 1 aliphatic heterocycles. The summed E-state index contributed by atoms with van der Waals surface area (Å²) in [5, 5.41) is 6.29. The molecule has 0 bridgehead atoms. The maximum Gasteiger partial charge on any atom is 0.223 e. The number of hydrogen-bond donors (Lipinski definition) is 2. The molecule has 0 aromatic heterocycles. The van der Waals surface area contributed by atoms with Gasteiger partial charge >= 0.3 is 0 Å². The first kappa shape index (κ1) is 14.5. The van der Waals surface area contributed by atoms with Gasteiger partial charge in [-0.1, -0.05) is 20.8 Å². The summed E-state index contributed by atoms with van der Waals surface area (Å²) in [5.41, 5.74) is 0.122. The molecule has 0 aliphatic carbocycles. The van der Waals surface area contributed by atoms with Crippen molar-refractivity contribution in [2.75, 3.05) is 40.3 Å². The van der Waals surface area contributed by atoms with Crippen LogP contribution >= 0.6 is 0 Å². The zero-order valence-corrected chi connectivity index (χ0v) is 11.8. The molecule has 4 nitrogen and oxygen atoms in total. The van der Waals surface area contributed by atoms with Gasteiger partial charge < -0.3 is 15.5 Å². The van der Waals surface area contributed by atoms with E-state index in [0.29, 0.717) is 5.92 Å². The number of nitrogens with zero attached hydrogens (tertiary/aromatic N) is 1. The molecule has 0 spiro atoms. The molecule has 1 amide bonds. The van der Waals surface area contributed by atoms with E-state index in [4.69, 9.17) is 0 Å². The van der Waals surface area contributed by atoms with Gasteiger partial charge in [0.25, 0.3) is 0 Å². The van der Waals surface area contributed by atoms with Gasteiger partial charge in [-0.15, -0.1) is 0 Å². The Morgan fingerprint density at radius 2 is 2.06 bits per heavy atom. The lowest BCUT2D eigenvalue weighted by Crippen LogP contribution is -2.51. The first-order valence-electron chi connectivity index (χ1n) is 6.45. The predicted octanol–water partition coefficient (Wildman–Crippen LogP) is 0.546. The van der Waals surface area contributed by atoms with Crippen LogP contribution in [0.5, 0.6) is 0 Å². The van der Waals surface area contributed by atoms with Gasteiger partial charge in [0.2, 0.25) is 5.91 Å². The van der Waals surface area contributed by atoms with Gasteiger partial charge in [-0.25, -0.2) is 0 Å². The quantitative estimate of drug-likeness (QED) is 0.713. The van der Waals surface area contributed by atoms with E-state index < -0.39 is 0 Å². The largest absolute Gasteiger partial charge is 0.355 e. The van der Waals surface area contributed by atoms with Gasteiger partial charge in [0, 0.05) is 19.0 Å². The van der Waals surface area contributed by atoms with E-state index in [1.807, 2.05) is 6.92 Å². The molecule has 0 aromatic carbocycles. The molecule has 17 heavy (non-hydrogen) atoms. The molecule has 1 heterocycles. The van der Waals surface area contributed by atoms with E-state index in [1.54, 1.807) is 0 Å². The van der Waals surface area contributed by atoms with Gasteiger partial charge in [0.15, 0.2) is 0 Å². The van der Waals surface area contributed by atoms with Crippen LogP contribution in [0, 0.1) is 17.3 Å². The summed E-state index contributed by atoms with van der Waals surface area (Å²) in [4.78, 5) is 14.1. The summed E-state index contributed by atoms with van der Waals surface area (Å²) in [5.74, 6) is 0.849. The minimum atomic E-state index is 0.122. The van der Waals surface area contributed by atoms with Gasteiger partial charge in [0.05, 0.1) is 0 Å². The third-order valence-electron chi connectivity index (χ3n) is 3.42. The molecular weight excluding hydrogens is 214 g/mol. The summed E-state index contributed by atoms with van der Waals surface area (Å²) >= 11 is 0. The second-order valence-electron chi connectivity index (χ2n) is 6.33. The highest BCUT2D eigenvalue weighted by molar-refractivity contribution is 5.78. The van der Waals surface area contributed by atoms with E-state index in [2.05, 4.69) is 43.5 Å². The summed E-state index contributed by atoms with van der Waals surface area (Å²) in [6.45, 7) is 10.1. The van der Waals surface area contributed by atoms with Gasteiger partial charge in [-0.05, 0) is 38.5 Å². The summed E-state index contributed by atoms with van der Waals surface area (Å²) in [6, 6.07) is 0. The van der Waals surface area contributed by atoms with Gasteiger partial charge in [-0.3, -0.25) is 4.79 Å². The Morgan fingerprint density at radius 1 is 1.47 bits per heavy atom. The monoisotopic (exact) mass is 241 g/mol. The summed E-state index contributed by atoms with van der Waals surface area (Å²) in [6.07, 6.45) is 0. The Bertz CT molecular complexity index is 259. The zero-order valence-electron chi connectivity index (χ0n) is 11.8. The number of hydrogen-bond acceptors (Lipinski definition) is 3. The van der Waals surface area contributed by atoms with Crippen molar-refractivity contribution in [3.05, 3.63) is 0 Å². The van der Waals surface area contributed by atoms with E-state index >= 15 is 0 Å². The minimum absolute atomic E-state index is 0.122. The molecular formula is C13H27N3O. The highest BCUT2D eigenvalue weighted by Crippen LogP contribution is 2.18. The lowest BCUT2D eigenvalue weighted by Gasteiger charge is -2.33. The normalized spacial score (nSPS) is 18.9. The van der Waals surface area contributed by atoms with Crippen molar-refractivity contribution in [1.82, 2.24) is 15.5 Å². The van der Waals surface area contributed by atoms with Crippen molar-refractivity contribution in [2.45, 2.75) is 20.8 Å². The molecule has 100 valence electrons. The molecule has 2 N–H and O–H groups in total. The van der Waals surface area contributed by atoms with Crippen LogP contribution in [0.2, 0.25) is 0 Å². The van der Waals surface area contributed by atoms with Gasteiger partial charge in [-0.2, -0.15) is 0 Å². The number of carbonyl (C=O) groups is 1. The summed E-state index contributed by atoms with van der Waals surface area (Å²) in [7, 11) is 4.12. The molecule has 1 atom stereocenters. The fourth-order valence-electron chi connectivity index (χ4n) is 2.28. The molecule has 1 unspecified atom stereocenters. The van der Waals surface area contributed by atoms with Crippen LogP contribution in [0.4, 0.5) is 0 Å². The van der Waals surface area contributed by atoms with E-state index in [0.717, 1.165) is 26.2 Å². The number of amides is 1. The molecule has 1 rings (SSSR count). The predicted molar refractivity (Wildman–Crippen MR) is 70.9 cm³/mol. The number of nitrogens with one attached hydrogen (secondary N) is 2. The van der Waals surface area contributed by atoms with Crippen molar-refractivity contribution in [2.24, 2.45) is 17.3 Å². The van der Waals surface area contributed by atoms with Crippen LogP contribution in [-0.2, 0) is 4.79 Å². The Hall–Kier alpha value is -0.610. The Morgan fingerprint density at radius 3 is 2.47 bits per heavy atom. The van der Waals surface area contributed by atoms with Crippen molar-refractivity contribution < 1.29 is 4.79 Å². The first-order valence-corrected chi connectivity index (χ1v) is 6.45. The van der Waals surface area contributed by atoms with E-state index in [-0.39, 0.29) is 17.2 Å². The molecule has 0 saturated carbocycles. The lowest BCUT2D eigenvalue weighted by atomic mass is 9.87. The van der Waals surface area contributed by atoms with Crippen LogP contribution < -0.4 is 10.6 Å². The second kappa shape index (κ2) is 5.83. The number of carbonyl (C=O) groups excluding carboxylic acids is 1. The topological polar surface area (TPSA) is 44.4 Å². The second-order valence-corrected chi connectivity index (χ2v) is 6.33. The van der Waals surface area contributed by atoms with Crippen molar-refractivity contribution >= 4 is 5.91 Å². The molecule has 1 saturated heterocycles. The maximum atomic E-state index is 12.0. The lowest BCUT2D eigenvalue weighted by molar-refractivity contribution is -0.127. The average Bonchev–Trinajstić information content (AvgIpc) is 2.09. The first-order chi connectivity index (χ1) is 7.82. The highest BCUT2D eigenvalue weighted by Gasteiger charge is 2.29. The molecule has 0 radical (unpaired) electrons. The fourth-order valence-corrected chi connectivity index (χ4v) is 2.28. The smallest absolute Gasteiger partial charge is 0.223 e. The standard InChI is InChI=1S/C13H27N3O/c1-10(11-6-14-7-11)12(17)15-8-13(2,3)9-16(4)5/h10-11,14H,6-9H2,1-5H3,(H,15,17). The molecule has 0 aromatic rings. The van der Waals surface area contributed by atoms with Crippen LogP contribution in [0.25, 0.3) is 0 Å². The fraction of sp³-hybridized carbons (Fsp3) is 0.923. The Balaban J connectivity index is 2.31. The Labute approximate surface area is 105 Å². The van der Waals surface area contributed by atoms with Crippen LogP contribution in [0.15, 0.2) is 0 Å². The van der Waals surface area contributed by atoms with Gasteiger partial charge in [0.1, 0.15) is 0 Å². The van der Waals surface area contributed by atoms with Crippen LogP contribution in [0.1, 0.15) is 20.8 Å². The minimum Gasteiger partial charge on any atom is -0.355 e. The molecule has 1 aliphatic rings. The highest BCUT2D eigenvalue weighted by atomic mass is 16.1. The third kappa shape index (κ3) is 4.64. The van der Waals surface area contributed by atoms with Crippen molar-refractivity contribution in [3.63, 3.8) is 0 Å². The zero-order chi connectivity index (χ0) is 13.1.